The third-order valence-electron chi connectivity index (χ3n) is 14.5. The number of carboxylic acid groups (broad SMARTS) is 1. The van der Waals surface area contributed by atoms with Crippen LogP contribution in [0.25, 0.3) is 104 Å². The van der Waals surface area contributed by atoms with E-state index in [1.165, 1.54) is 22.4 Å². The number of nitrogens with zero attached hydrogens (tertiary/aromatic N) is 1. The van der Waals surface area contributed by atoms with E-state index in [0.717, 1.165) is 82.3 Å². The van der Waals surface area contributed by atoms with E-state index in [0.29, 0.717) is 28.0 Å². The molecule has 0 amide bonds. The Morgan fingerprint density at radius 2 is 1.01 bits per heavy atom. The molecule has 0 fully saturated rings. The number of likely N-dealkylation sites (N-methyl/N-ethyl adjacent to an activating group) is 1. The Kier molecular flexibility index (Phi) is 10.4. The number of phenolic OH excluding ortho intramolecular Hbond substituents is 2. The van der Waals surface area contributed by atoms with E-state index >= 15 is 0 Å². The van der Waals surface area contributed by atoms with Crippen molar-refractivity contribution in [2.75, 3.05) is 11.9 Å². The molecule has 0 unspecified atom stereocenters. The molecule has 3 N–H and O–H groups in total. The second-order valence-corrected chi connectivity index (χ2v) is 19.0. The van der Waals surface area contributed by atoms with E-state index in [-0.39, 0.29) is 28.0 Å². The number of rotatable bonds is 4. The van der Waals surface area contributed by atoms with Gasteiger partial charge in [-0.2, -0.15) is 0 Å². The average Bonchev–Trinajstić information content (AvgIpc) is 3.35. The summed E-state index contributed by atoms with van der Waals surface area (Å²) in [6.07, 6.45) is 2.25. The van der Waals surface area contributed by atoms with E-state index in [4.69, 9.17) is 4.42 Å². The number of anilines is 1. The Balaban J connectivity index is 0.000000193. The Morgan fingerprint density at radius 1 is 0.514 bits per heavy atom. The van der Waals surface area contributed by atoms with Gasteiger partial charge in [-0.25, -0.2) is 4.79 Å². The summed E-state index contributed by atoms with van der Waals surface area (Å²) in [7, 11) is 2.06. The van der Waals surface area contributed by atoms with Crippen LogP contribution in [-0.2, 0) is 0 Å². The Morgan fingerprint density at radius 3 is 1.54 bits per heavy atom. The molecule has 12 rings (SSSR count). The number of hydrogen-bond donors (Lipinski definition) is 3. The molecule has 0 atom stereocenters. The molecule has 70 heavy (non-hydrogen) atoms. The highest BCUT2D eigenvalue weighted by molar-refractivity contribution is 6.17. The van der Waals surface area contributed by atoms with Gasteiger partial charge in [0.25, 0.3) is 0 Å². The number of carbonyl (C=O) groups is 1. The van der Waals surface area contributed by atoms with Crippen LogP contribution in [-0.4, -0.2) is 33.9 Å². The molecule has 0 radical (unpaired) electrons. The smallest absolute Gasteiger partial charge is 0.336 e. The van der Waals surface area contributed by atoms with Gasteiger partial charge in [-0.1, -0.05) is 121 Å². The summed E-state index contributed by atoms with van der Waals surface area (Å²) in [5, 5.41) is 39.8. The lowest BCUT2D eigenvalue weighted by molar-refractivity contribution is 0.0697. The summed E-state index contributed by atoms with van der Waals surface area (Å²) in [6, 6.07) is 52.3. The minimum atomic E-state index is -1.02. The molecule has 342 valence electrons. The van der Waals surface area contributed by atoms with E-state index in [1.807, 2.05) is 72.8 Å². The van der Waals surface area contributed by atoms with Crippen molar-refractivity contribution in [3.63, 3.8) is 0 Å². The highest BCUT2D eigenvalue weighted by atomic mass is 16.4. The first kappa shape index (κ1) is 43.9. The maximum atomic E-state index is 14.2. The molecule has 2 aliphatic heterocycles. The van der Waals surface area contributed by atoms with Crippen LogP contribution in [0.15, 0.2) is 179 Å². The summed E-state index contributed by atoms with van der Waals surface area (Å²) in [6.45, 7) is 10.7. The van der Waals surface area contributed by atoms with Gasteiger partial charge < -0.3 is 24.6 Å². The monoisotopic (exact) mass is 915 g/mol. The van der Waals surface area contributed by atoms with Crippen molar-refractivity contribution in [2.45, 2.75) is 40.2 Å². The number of aromatic carboxylic acids is 1. The topological polar surface area (TPSA) is 111 Å². The zero-order valence-corrected chi connectivity index (χ0v) is 39.7. The van der Waals surface area contributed by atoms with Gasteiger partial charge in [0, 0.05) is 75.3 Å². The van der Waals surface area contributed by atoms with Crippen LogP contribution >= 0.6 is 0 Å². The Labute approximate surface area is 404 Å². The summed E-state index contributed by atoms with van der Waals surface area (Å²) >= 11 is 0. The van der Waals surface area contributed by atoms with E-state index < -0.39 is 5.97 Å². The molecule has 3 aliphatic rings. The van der Waals surface area contributed by atoms with Gasteiger partial charge in [-0.05, 0) is 130 Å². The fourth-order valence-electron chi connectivity index (χ4n) is 10.9. The Bertz CT molecular complexity index is 3950. The van der Waals surface area contributed by atoms with Gasteiger partial charge in [0.2, 0.25) is 0 Å². The zero-order valence-electron chi connectivity index (χ0n) is 39.7. The maximum Gasteiger partial charge on any atom is 0.336 e. The molecule has 2 heterocycles. The maximum absolute atomic E-state index is 14.2. The SMILES string of the molecule is CC1=CC(C)(C)N(C)c2cc3oc4cc(=O)c(-c5c6ccccc6c(C)c6ccccc56)cc-4c(-c4ccccc4C(=O)O)c3cc21.Cc1c2ccccc2c(-c2ccc(O)cc2O)c2ccccc12. The number of allylic oxidation sites excluding steroid dienone is 1. The molecular weight excluding hydrogens is 867 g/mol. The summed E-state index contributed by atoms with van der Waals surface area (Å²) in [5.74, 6) is -0.461. The summed E-state index contributed by atoms with van der Waals surface area (Å²) in [4.78, 5) is 29.1. The van der Waals surface area contributed by atoms with Crippen LogP contribution in [0.3, 0.4) is 0 Å². The number of carboxylic acids is 1. The minimum absolute atomic E-state index is 0.0620. The summed E-state index contributed by atoms with van der Waals surface area (Å²) < 4.78 is 6.60. The first-order valence-electron chi connectivity index (χ1n) is 23.4. The van der Waals surface area contributed by atoms with Crippen molar-refractivity contribution in [3.05, 3.63) is 202 Å². The van der Waals surface area contributed by atoms with Crippen LogP contribution in [0.2, 0.25) is 0 Å². The quantitative estimate of drug-likeness (QED) is 0.151. The number of aromatic hydroxyl groups is 2. The molecule has 9 aromatic carbocycles. The first-order valence-corrected chi connectivity index (χ1v) is 23.4. The normalized spacial score (nSPS) is 13.2. The number of fused-ring (bicyclic) bond motifs is 7. The van der Waals surface area contributed by atoms with Crippen molar-refractivity contribution in [1.82, 2.24) is 0 Å². The second kappa shape index (κ2) is 16.5. The predicted molar refractivity (Wildman–Crippen MR) is 288 cm³/mol. The van der Waals surface area contributed by atoms with E-state index in [2.05, 4.69) is 107 Å². The number of aryl methyl sites for hydroxylation is 2. The number of phenols is 2. The molecule has 7 nitrogen and oxygen atoms in total. The lowest BCUT2D eigenvalue weighted by atomic mass is 9.84. The summed E-state index contributed by atoms with van der Waals surface area (Å²) in [5.41, 5.74) is 11.1. The zero-order chi connectivity index (χ0) is 48.7. The fraction of sp³-hybridized carbons (Fsp3) is 0.111. The van der Waals surface area contributed by atoms with Gasteiger partial charge in [-0.15, -0.1) is 0 Å². The van der Waals surface area contributed by atoms with E-state index in [1.54, 1.807) is 30.3 Å². The molecule has 1 aliphatic carbocycles. The van der Waals surface area contributed by atoms with Crippen molar-refractivity contribution in [1.29, 1.82) is 0 Å². The highest BCUT2D eigenvalue weighted by Crippen LogP contribution is 2.49. The largest absolute Gasteiger partial charge is 0.508 e. The highest BCUT2D eigenvalue weighted by Gasteiger charge is 2.31. The third-order valence-corrected chi connectivity index (χ3v) is 14.5. The molecule has 0 saturated heterocycles. The van der Waals surface area contributed by atoms with Crippen molar-refractivity contribution in [3.8, 4) is 56.2 Å². The molecular formula is C63H49NO6. The van der Waals surface area contributed by atoms with Crippen LogP contribution in [0, 0.1) is 13.8 Å². The molecule has 9 aromatic rings. The van der Waals surface area contributed by atoms with E-state index in [9.17, 15) is 24.9 Å². The van der Waals surface area contributed by atoms with Crippen molar-refractivity contribution >= 4 is 71.3 Å². The lowest BCUT2D eigenvalue weighted by Gasteiger charge is -2.40. The van der Waals surface area contributed by atoms with Gasteiger partial charge in [0.05, 0.1) is 11.1 Å². The van der Waals surface area contributed by atoms with Crippen LogP contribution in [0.4, 0.5) is 5.69 Å². The second-order valence-electron chi connectivity index (χ2n) is 19.0. The fourth-order valence-corrected chi connectivity index (χ4v) is 10.9. The standard InChI is InChI=1S/C42H33NO4.C21H16O2/c1-23-22-42(3,4)43(5)35-20-37-33(18-31(23)35)40(29-16-10-11-17-30(29)41(45)46)34-19-32(36(44)21-38(34)47-37)39-27-14-8-6-12-25(27)24(2)26-13-7-9-15-28(26)39;1-13-15-6-2-4-8-17(15)21(18-9-5-3-7-16(13)18)19-11-10-14(22)12-20(19)23/h6-22H,1-5H3,(H,45,46);2-12,22-23H,1H3. The molecule has 0 saturated carbocycles. The predicted octanol–water partition coefficient (Wildman–Crippen LogP) is 15.6. The van der Waals surface area contributed by atoms with Crippen molar-refractivity contribution < 1.29 is 24.5 Å². The number of hydrogen-bond acceptors (Lipinski definition) is 6. The average molecular weight is 916 g/mol. The lowest BCUT2D eigenvalue weighted by Crippen LogP contribution is -2.42. The third kappa shape index (κ3) is 6.96. The van der Waals surface area contributed by atoms with Crippen LogP contribution in [0.1, 0.15) is 47.8 Å². The van der Waals surface area contributed by atoms with Crippen LogP contribution in [0.5, 0.6) is 11.5 Å². The van der Waals surface area contributed by atoms with Gasteiger partial charge in [-0.3, -0.25) is 4.79 Å². The first-order chi connectivity index (χ1) is 33.7. The molecule has 0 bridgehead atoms. The van der Waals surface area contributed by atoms with Crippen molar-refractivity contribution in [2.24, 2.45) is 0 Å². The van der Waals surface area contributed by atoms with Crippen LogP contribution < -0.4 is 10.3 Å². The number of benzene rings is 10. The van der Waals surface area contributed by atoms with Gasteiger partial charge in [0.1, 0.15) is 22.8 Å². The molecule has 0 spiro atoms. The molecule has 0 aromatic heterocycles. The van der Waals surface area contributed by atoms with Gasteiger partial charge >= 0.3 is 5.97 Å². The molecule has 7 heteroatoms. The minimum Gasteiger partial charge on any atom is -0.508 e. The van der Waals surface area contributed by atoms with Gasteiger partial charge in [0.15, 0.2) is 5.43 Å². The Hall–Kier alpha value is -8.68.